The first-order valence-electron chi connectivity index (χ1n) is 9.55. The Bertz CT molecular complexity index is 1290. The van der Waals surface area contributed by atoms with Gasteiger partial charge in [0.15, 0.2) is 0 Å². The summed E-state index contributed by atoms with van der Waals surface area (Å²) in [6.07, 6.45) is 0. The van der Waals surface area contributed by atoms with Crippen LogP contribution in [0, 0.1) is 0 Å². The average molecular weight is 343 g/mol. The smallest absolute Gasteiger partial charge is 0.207 e. The van der Waals surface area contributed by atoms with E-state index in [2.05, 4.69) is 102 Å². The third-order valence-electron chi connectivity index (χ3n) is 6.06. The van der Waals surface area contributed by atoms with Gasteiger partial charge >= 0.3 is 0 Å². The Balaban J connectivity index is 1.68. The third-order valence-corrected chi connectivity index (χ3v) is 6.06. The fourth-order valence-corrected chi connectivity index (χ4v) is 4.78. The first-order valence-corrected chi connectivity index (χ1v) is 9.55. The van der Waals surface area contributed by atoms with Crippen molar-refractivity contribution in [3.8, 4) is 16.8 Å². The maximum Gasteiger partial charge on any atom is 0.207 e. The molecule has 27 heavy (non-hydrogen) atoms. The molecule has 0 fully saturated rings. The number of para-hydroxylation sites is 2. The van der Waals surface area contributed by atoms with Crippen LogP contribution in [0.3, 0.4) is 0 Å². The van der Waals surface area contributed by atoms with Crippen LogP contribution in [-0.4, -0.2) is 11.3 Å². The van der Waals surface area contributed by atoms with Gasteiger partial charge in [-0.05, 0) is 35.4 Å². The number of benzene rings is 4. The first kappa shape index (κ1) is 14.9. The summed E-state index contributed by atoms with van der Waals surface area (Å²) in [7, 11) is 0. The first-order chi connectivity index (χ1) is 13.3. The van der Waals surface area contributed by atoms with Crippen LogP contribution in [0.2, 0.25) is 6.82 Å². The molecular weight excluding hydrogens is 325 g/mol. The van der Waals surface area contributed by atoms with E-state index in [0.717, 1.165) is 0 Å². The Hall–Kier alpha value is -3.26. The summed E-state index contributed by atoms with van der Waals surface area (Å²) < 4.78 is 2.40. The van der Waals surface area contributed by atoms with Crippen molar-refractivity contribution in [2.75, 3.05) is 0 Å². The molecular formula is C25H18BN. The second-order valence-corrected chi connectivity index (χ2v) is 7.45. The molecule has 0 amide bonds. The van der Waals surface area contributed by atoms with Crippen LogP contribution < -0.4 is 10.9 Å². The van der Waals surface area contributed by atoms with E-state index in [0.29, 0.717) is 6.71 Å². The third kappa shape index (κ3) is 1.96. The van der Waals surface area contributed by atoms with Gasteiger partial charge in [-0.1, -0.05) is 84.5 Å². The number of nitrogens with zero attached hydrogens (tertiary/aromatic N) is 1. The fraction of sp³-hybridized carbons (Fsp3) is 0.0400. The minimum atomic E-state index is 0.461. The lowest BCUT2D eigenvalue weighted by atomic mass is 9.45. The van der Waals surface area contributed by atoms with Gasteiger partial charge in [0.05, 0.1) is 11.0 Å². The molecule has 0 N–H and O–H groups in total. The number of hydrogen-bond donors (Lipinski definition) is 0. The number of hydrogen-bond acceptors (Lipinski definition) is 0. The maximum atomic E-state index is 2.40. The standard InChI is InChI=1S/C25H18BN/c1-26-22-11-5-2-8-18(22)21-16-17(14-15-23(21)26)27-24-12-6-3-9-19(24)20-10-4-7-13-25(20)27/h2-16H,1H3. The van der Waals surface area contributed by atoms with Crippen molar-refractivity contribution in [2.24, 2.45) is 0 Å². The molecule has 0 spiro atoms. The van der Waals surface area contributed by atoms with Gasteiger partial charge in [0.1, 0.15) is 0 Å². The summed E-state index contributed by atoms with van der Waals surface area (Å²) in [6.45, 7) is 2.77. The highest BCUT2D eigenvalue weighted by Crippen LogP contribution is 2.33. The van der Waals surface area contributed by atoms with Crippen molar-refractivity contribution < 1.29 is 0 Å². The van der Waals surface area contributed by atoms with Crippen LogP contribution in [0.4, 0.5) is 0 Å². The SMILES string of the molecule is CB1c2ccccc2-c2cc(-n3c4ccccc4c4ccccc43)ccc21. The Labute approximate surface area is 159 Å². The van der Waals surface area contributed by atoms with Crippen LogP contribution in [0.5, 0.6) is 0 Å². The van der Waals surface area contributed by atoms with Crippen molar-refractivity contribution in [1.29, 1.82) is 0 Å². The predicted octanol–water partition coefficient (Wildman–Crippen LogP) is 5.00. The Kier molecular flexibility index (Phi) is 2.96. The highest BCUT2D eigenvalue weighted by molar-refractivity contribution is 6.88. The van der Waals surface area contributed by atoms with Crippen molar-refractivity contribution in [3.05, 3.63) is 91.0 Å². The fourth-order valence-electron chi connectivity index (χ4n) is 4.78. The van der Waals surface area contributed by atoms with Gasteiger partial charge in [-0.2, -0.15) is 0 Å². The summed E-state index contributed by atoms with van der Waals surface area (Å²) in [5, 5.41) is 2.62. The maximum absolute atomic E-state index is 2.40. The lowest BCUT2D eigenvalue weighted by molar-refractivity contribution is 1.18. The van der Waals surface area contributed by atoms with Gasteiger partial charge in [0.25, 0.3) is 0 Å². The van der Waals surface area contributed by atoms with E-state index in [1.165, 1.54) is 49.5 Å². The molecule has 5 aromatic rings. The average Bonchev–Trinajstić information content (AvgIpc) is 3.21. The van der Waals surface area contributed by atoms with Gasteiger partial charge in [-0.25, -0.2) is 0 Å². The molecule has 0 radical (unpaired) electrons. The molecule has 0 aliphatic carbocycles. The molecule has 2 heterocycles. The summed E-state index contributed by atoms with van der Waals surface area (Å²) in [5.74, 6) is 0. The van der Waals surface area contributed by atoms with E-state index >= 15 is 0 Å². The van der Waals surface area contributed by atoms with Crippen molar-refractivity contribution in [2.45, 2.75) is 6.82 Å². The van der Waals surface area contributed by atoms with Gasteiger partial charge in [0.2, 0.25) is 6.71 Å². The van der Waals surface area contributed by atoms with E-state index in [1.807, 2.05) is 0 Å². The Morgan fingerprint density at radius 1 is 0.593 bits per heavy atom. The van der Waals surface area contributed by atoms with Crippen LogP contribution in [0.25, 0.3) is 38.6 Å². The molecule has 0 saturated carbocycles. The van der Waals surface area contributed by atoms with E-state index < -0.39 is 0 Å². The molecule has 0 unspecified atom stereocenters. The van der Waals surface area contributed by atoms with Crippen LogP contribution in [0.15, 0.2) is 91.0 Å². The number of rotatable bonds is 1. The van der Waals surface area contributed by atoms with Crippen molar-refractivity contribution in [1.82, 2.24) is 4.57 Å². The quantitative estimate of drug-likeness (QED) is 0.377. The molecule has 0 bridgehead atoms. The highest BCUT2D eigenvalue weighted by Gasteiger charge is 2.28. The minimum Gasteiger partial charge on any atom is -0.309 e. The predicted molar refractivity (Wildman–Crippen MR) is 117 cm³/mol. The van der Waals surface area contributed by atoms with Gasteiger partial charge in [-0.3, -0.25) is 0 Å². The summed E-state index contributed by atoms with van der Waals surface area (Å²) in [6, 6.07) is 33.2. The van der Waals surface area contributed by atoms with Crippen LogP contribution in [-0.2, 0) is 0 Å². The second kappa shape index (κ2) is 5.37. The lowest BCUT2D eigenvalue weighted by Crippen LogP contribution is -2.34. The molecule has 0 atom stereocenters. The topological polar surface area (TPSA) is 4.93 Å². The molecule has 2 heteroatoms. The molecule has 1 aromatic heterocycles. The monoisotopic (exact) mass is 343 g/mol. The molecule has 6 rings (SSSR count). The van der Waals surface area contributed by atoms with E-state index in [9.17, 15) is 0 Å². The largest absolute Gasteiger partial charge is 0.309 e. The van der Waals surface area contributed by atoms with E-state index in [4.69, 9.17) is 0 Å². The Morgan fingerprint density at radius 3 is 1.93 bits per heavy atom. The summed E-state index contributed by atoms with van der Waals surface area (Å²) in [4.78, 5) is 0. The van der Waals surface area contributed by atoms with Crippen molar-refractivity contribution in [3.63, 3.8) is 0 Å². The van der Waals surface area contributed by atoms with E-state index in [-0.39, 0.29) is 0 Å². The molecule has 1 nitrogen and oxygen atoms in total. The zero-order valence-corrected chi connectivity index (χ0v) is 15.2. The van der Waals surface area contributed by atoms with Gasteiger partial charge in [0, 0.05) is 16.5 Å². The number of aromatic nitrogens is 1. The minimum absolute atomic E-state index is 0.461. The zero-order valence-electron chi connectivity index (χ0n) is 15.2. The highest BCUT2D eigenvalue weighted by atomic mass is 15.0. The molecule has 4 aromatic carbocycles. The van der Waals surface area contributed by atoms with Crippen LogP contribution in [0.1, 0.15) is 0 Å². The molecule has 126 valence electrons. The van der Waals surface area contributed by atoms with Crippen LogP contribution >= 0.6 is 0 Å². The number of fused-ring (bicyclic) bond motifs is 6. The van der Waals surface area contributed by atoms with Gasteiger partial charge in [-0.15, -0.1) is 0 Å². The normalized spacial score (nSPS) is 12.6. The molecule has 0 saturated heterocycles. The Morgan fingerprint density at radius 2 is 1.19 bits per heavy atom. The molecule has 1 aliphatic heterocycles. The zero-order chi connectivity index (χ0) is 18.0. The second-order valence-electron chi connectivity index (χ2n) is 7.45. The summed E-state index contributed by atoms with van der Waals surface area (Å²) >= 11 is 0. The van der Waals surface area contributed by atoms with E-state index in [1.54, 1.807) is 0 Å². The lowest BCUT2D eigenvalue weighted by Gasteiger charge is -2.11. The summed E-state index contributed by atoms with van der Waals surface area (Å²) in [5.41, 5.74) is 9.37. The van der Waals surface area contributed by atoms with Gasteiger partial charge < -0.3 is 4.57 Å². The van der Waals surface area contributed by atoms with Crippen molar-refractivity contribution >= 4 is 39.4 Å². The molecule has 1 aliphatic rings.